The van der Waals surface area contributed by atoms with Crippen molar-refractivity contribution in [1.29, 1.82) is 0 Å². The second-order valence-corrected chi connectivity index (χ2v) is 9.16. The number of hydrogen-bond acceptors (Lipinski definition) is 5. The molecule has 156 valence electrons. The van der Waals surface area contributed by atoms with Gasteiger partial charge < -0.3 is 14.5 Å². The molecule has 2 aliphatic heterocycles. The summed E-state index contributed by atoms with van der Waals surface area (Å²) in [4.78, 5) is 17.2. The third-order valence-corrected chi connectivity index (χ3v) is 7.45. The number of carbonyl (C=O) groups is 1. The van der Waals surface area contributed by atoms with Gasteiger partial charge in [0, 0.05) is 45.0 Å². The Bertz CT molecular complexity index is 781. The summed E-state index contributed by atoms with van der Waals surface area (Å²) in [7, 11) is -3.59. The van der Waals surface area contributed by atoms with Crippen LogP contribution in [-0.4, -0.2) is 76.0 Å². The minimum absolute atomic E-state index is 0.123. The fourth-order valence-electron chi connectivity index (χ4n) is 3.86. The van der Waals surface area contributed by atoms with E-state index < -0.39 is 10.0 Å². The highest BCUT2D eigenvalue weighted by Crippen LogP contribution is 2.29. The lowest BCUT2D eigenvalue weighted by molar-refractivity contribution is 0.0772. The van der Waals surface area contributed by atoms with Crippen molar-refractivity contribution in [3.63, 3.8) is 0 Å². The van der Waals surface area contributed by atoms with Crippen LogP contribution in [0.4, 0.5) is 5.69 Å². The maximum absolute atomic E-state index is 13.2. The van der Waals surface area contributed by atoms with Crippen molar-refractivity contribution in [2.24, 2.45) is 0 Å². The Morgan fingerprint density at radius 2 is 1.68 bits per heavy atom. The molecule has 2 heterocycles. The number of sulfonamides is 1. The Labute approximate surface area is 168 Å². The maximum atomic E-state index is 13.2. The molecule has 1 amide bonds. The molecule has 1 aromatic rings. The van der Waals surface area contributed by atoms with E-state index >= 15 is 0 Å². The fourth-order valence-corrected chi connectivity index (χ4v) is 5.41. The molecule has 2 aliphatic rings. The minimum atomic E-state index is -3.59. The molecule has 0 atom stereocenters. The Hall–Kier alpha value is -1.64. The molecular formula is C20H31N3O4S. The summed E-state index contributed by atoms with van der Waals surface area (Å²) in [6.45, 7) is 8.73. The van der Waals surface area contributed by atoms with Crippen LogP contribution in [0.5, 0.6) is 0 Å². The van der Waals surface area contributed by atoms with Gasteiger partial charge in [-0.15, -0.1) is 0 Å². The van der Waals surface area contributed by atoms with Crippen LogP contribution in [0.3, 0.4) is 0 Å². The van der Waals surface area contributed by atoms with Gasteiger partial charge in [-0.25, -0.2) is 8.42 Å². The summed E-state index contributed by atoms with van der Waals surface area (Å²) in [6.07, 6.45) is 2.83. The van der Waals surface area contributed by atoms with Gasteiger partial charge in [0.15, 0.2) is 0 Å². The predicted octanol–water partition coefficient (Wildman–Crippen LogP) is 2.18. The molecule has 0 spiro atoms. The molecule has 8 heteroatoms. The molecular weight excluding hydrogens is 378 g/mol. The summed E-state index contributed by atoms with van der Waals surface area (Å²) in [5.41, 5.74) is 1.25. The van der Waals surface area contributed by atoms with Gasteiger partial charge in [-0.1, -0.05) is 6.42 Å². The van der Waals surface area contributed by atoms with Crippen molar-refractivity contribution < 1.29 is 17.9 Å². The highest BCUT2D eigenvalue weighted by Gasteiger charge is 2.29. The van der Waals surface area contributed by atoms with Crippen LogP contribution in [0.15, 0.2) is 23.1 Å². The topological polar surface area (TPSA) is 70.2 Å². The normalized spacial score (nSPS) is 18.9. The smallest absolute Gasteiger partial charge is 0.255 e. The number of benzene rings is 1. The number of rotatable bonds is 6. The SMILES string of the molecule is CCN(CC)C(=O)c1cc(S(=O)(=O)N2CCCCC2)ccc1N1CCOCC1. The molecule has 0 radical (unpaired) electrons. The van der Waals surface area contributed by atoms with Crippen molar-refractivity contribution in [2.75, 3.05) is 57.4 Å². The molecule has 0 saturated carbocycles. The highest BCUT2D eigenvalue weighted by molar-refractivity contribution is 7.89. The van der Waals surface area contributed by atoms with Crippen molar-refractivity contribution in [2.45, 2.75) is 38.0 Å². The quantitative estimate of drug-likeness (QED) is 0.720. The molecule has 0 unspecified atom stereocenters. The van der Waals surface area contributed by atoms with Gasteiger partial charge in [0.2, 0.25) is 10.0 Å². The molecule has 2 fully saturated rings. The number of morpholine rings is 1. The van der Waals surface area contributed by atoms with Gasteiger partial charge in [0.25, 0.3) is 5.91 Å². The predicted molar refractivity (Wildman–Crippen MR) is 109 cm³/mol. The van der Waals surface area contributed by atoms with Crippen molar-refractivity contribution >= 4 is 21.6 Å². The third-order valence-electron chi connectivity index (χ3n) is 5.55. The van der Waals surface area contributed by atoms with Crippen LogP contribution >= 0.6 is 0 Å². The monoisotopic (exact) mass is 409 g/mol. The lowest BCUT2D eigenvalue weighted by atomic mass is 10.1. The molecule has 3 rings (SSSR count). The average Bonchev–Trinajstić information content (AvgIpc) is 2.75. The number of carbonyl (C=O) groups excluding carboxylic acids is 1. The molecule has 0 bridgehead atoms. The van der Waals surface area contributed by atoms with Crippen molar-refractivity contribution in [1.82, 2.24) is 9.21 Å². The maximum Gasteiger partial charge on any atom is 0.255 e. The number of nitrogens with zero attached hydrogens (tertiary/aromatic N) is 3. The van der Waals surface area contributed by atoms with E-state index in [4.69, 9.17) is 4.74 Å². The lowest BCUT2D eigenvalue weighted by Gasteiger charge is -2.32. The molecule has 1 aromatic carbocycles. The van der Waals surface area contributed by atoms with E-state index in [0.29, 0.717) is 58.0 Å². The van der Waals surface area contributed by atoms with Gasteiger partial charge in [-0.2, -0.15) is 4.31 Å². The minimum Gasteiger partial charge on any atom is -0.378 e. The number of ether oxygens (including phenoxy) is 1. The first kappa shape index (κ1) is 21.1. The largest absolute Gasteiger partial charge is 0.378 e. The van der Waals surface area contributed by atoms with E-state index in [-0.39, 0.29) is 10.8 Å². The van der Waals surface area contributed by atoms with Crippen molar-refractivity contribution in [3.05, 3.63) is 23.8 Å². The average molecular weight is 410 g/mol. The first-order valence-electron chi connectivity index (χ1n) is 10.2. The Morgan fingerprint density at radius 1 is 1.04 bits per heavy atom. The molecule has 0 aliphatic carbocycles. The second-order valence-electron chi connectivity index (χ2n) is 7.22. The molecule has 0 aromatic heterocycles. The Kier molecular flexibility index (Phi) is 6.95. The highest BCUT2D eigenvalue weighted by atomic mass is 32.2. The van der Waals surface area contributed by atoms with Gasteiger partial charge in [0.05, 0.1) is 23.7 Å². The van der Waals surface area contributed by atoms with Crippen LogP contribution in [0.25, 0.3) is 0 Å². The Balaban J connectivity index is 2.01. The first-order chi connectivity index (χ1) is 13.5. The van der Waals surface area contributed by atoms with E-state index in [1.54, 1.807) is 27.4 Å². The summed E-state index contributed by atoms with van der Waals surface area (Å²) in [5, 5.41) is 0. The summed E-state index contributed by atoms with van der Waals surface area (Å²) in [6, 6.07) is 5.02. The van der Waals surface area contributed by atoms with Crippen LogP contribution in [0.2, 0.25) is 0 Å². The summed E-state index contributed by atoms with van der Waals surface area (Å²) >= 11 is 0. The Morgan fingerprint density at radius 3 is 2.29 bits per heavy atom. The van der Waals surface area contributed by atoms with Crippen LogP contribution < -0.4 is 4.90 Å². The van der Waals surface area contributed by atoms with E-state index in [1.807, 2.05) is 13.8 Å². The molecule has 2 saturated heterocycles. The molecule has 0 N–H and O–H groups in total. The zero-order valence-corrected chi connectivity index (χ0v) is 17.7. The third kappa shape index (κ3) is 4.34. The van der Waals surface area contributed by atoms with E-state index in [1.165, 1.54) is 0 Å². The first-order valence-corrected chi connectivity index (χ1v) is 11.7. The number of hydrogen-bond donors (Lipinski definition) is 0. The summed E-state index contributed by atoms with van der Waals surface area (Å²) < 4.78 is 33.2. The lowest BCUT2D eigenvalue weighted by Crippen LogP contribution is -2.39. The zero-order chi connectivity index (χ0) is 20.1. The second kappa shape index (κ2) is 9.24. The number of piperidine rings is 1. The standard InChI is InChI=1S/C20H31N3O4S/c1-3-21(4-2)20(24)18-16-17(28(25,26)23-10-6-5-7-11-23)8-9-19(18)22-12-14-27-15-13-22/h8-9,16H,3-7,10-15H2,1-2H3. The zero-order valence-electron chi connectivity index (χ0n) is 16.9. The molecule has 7 nitrogen and oxygen atoms in total. The van der Waals surface area contributed by atoms with Crippen LogP contribution in [0.1, 0.15) is 43.5 Å². The summed E-state index contributed by atoms with van der Waals surface area (Å²) in [5.74, 6) is -0.123. The van der Waals surface area contributed by atoms with E-state index in [2.05, 4.69) is 4.90 Å². The van der Waals surface area contributed by atoms with Gasteiger partial charge >= 0.3 is 0 Å². The number of anilines is 1. The molecule has 28 heavy (non-hydrogen) atoms. The fraction of sp³-hybridized carbons (Fsp3) is 0.650. The van der Waals surface area contributed by atoms with Gasteiger partial charge in [0.1, 0.15) is 0 Å². The van der Waals surface area contributed by atoms with Gasteiger partial charge in [-0.3, -0.25) is 4.79 Å². The van der Waals surface area contributed by atoms with Crippen molar-refractivity contribution in [3.8, 4) is 0 Å². The van der Waals surface area contributed by atoms with E-state index in [0.717, 1.165) is 24.9 Å². The van der Waals surface area contributed by atoms with Crippen LogP contribution in [0, 0.1) is 0 Å². The van der Waals surface area contributed by atoms with Crippen LogP contribution in [-0.2, 0) is 14.8 Å². The number of amides is 1. The van der Waals surface area contributed by atoms with Gasteiger partial charge in [-0.05, 0) is 44.9 Å². The van der Waals surface area contributed by atoms with E-state index in [9.17, 15) is 13.2 Å².